The molecule has 1 atom stereocenters. The molecule has 3 N–H and O–H groups in total. The van der Waals surface area contributed by atoms with Gasteiger partial charge in [-0.15, -0.1) is 5.10 Å². The van der Waals surface area contributed by atoms with Crippen molar-refractivity contribution in [3.63, 3.8) is 0 Å². The lowest BCUT2D eigenvalue weighted by Crippen LogP contribution is -2.29. The zero-order valence-corrected chi connectivity index (χ0v) is 10.4. The fourth-order valence-electron chi connectivity index (χ4n) is 1.57. The maximum Gasteiger partial charge on any atom is 0.142 e. The zero-order chi connectivity index (χ0) is 12.3. The predicted molar refractivity (Wildman–Crippen MR) is 64.6 cm³/mol. The molecule has 0 fully saturated rings. The van der Waals surface area contributed by atoms with Crippen LogP contribution in [0.2, 0.25) is 0 Å². The molecule has 0 saturated carbocycles. The van der Waals surface area contributed by atoms with Gasteiger partial charge in [-0.3, -0.25) is 10.8 Å². The highest BCUT2D eigenvalue weighted by Crippen LogP contribution is 2.30. The summed E-state index contributed by atoms with van der Waals surface area (Å²) in [5, 5.41) is 3.97. The number of hydrazine groups is 1. The third-order valence-electron chi connectivity index (χ3n) is 2.41. The van der Waals surface area contributed by atoms with Crippen LogP contribution in [0.4, 0.5) is 0 Å². The number of hydrogen-bond donors (Lipinski definition) is 2. The summed E-state index contributed by atoms with van der Waals surface area (Å²) < 4.78 is 9.17. The third kappa shape index (κ3) is 2.26. The highest BCUT2D eigenvalue weighted by Gasteiger charge is 2.22. The molecule has 0 aliphatic rings. The minimum absolute atomic E-state index is 0.258. The monoisotopic (exact) mass is 251 g/mol. The van der Waals surface area contributed by atoms with Crippen LogP contribution >= 0.6 is 11.5 Å². The molecule has 0 bridgehead atoms. The van der Waals surface area contributed by atoms with E-state index in [0.717, 1.165) is 16.3 Å². The number of aryl methyl sites for hydroxylation is 1. The smallest absolute Gasteiger partial charge is 0.142 e. The Balaban J connectivity index is 2.46. The fourth-order valence-corrected chi connectivity index (χ4v) is 2.28. The second-order valence-electron chi connectivity index (χ2n) is 3.41. The van der Waals surface area contributed by atoms with Crippen LogP contribution in [0.15, 0.2) is 18.3 Å². The van der Waals surface area contributed by atoms with Gasteiger partial charge in [0.1, 0.15) is 17.5 Å². The van der Waals surface area contributed by atoms with Gasteiger partial charge in [0.05, 0.1) is 17.7 Å². The Morgan fingerprint density at radius 2 is 2.35 bits per heavy atom. The Kier molecular flexibility index (Phi) is 3.62. The van der Waals surface area contributed by atoms with Gasteiger partial charge in [0.25, 0.3) is 0 Å². The summed E-state index contributed by atoms with van der Waals surface area (Å²) >= 11 is 1.30. The summed E-state index contributed by atoms with van der Waals surface area (Å²) in [5.41, 5.74) is 4.29. The first-order valence-corrected chi connectivity index (χ1v) is 5.79. The number of nitrogens with two attached hydrogens (primary N) is 1. The molecule has 0 radical (unpaired) electrons. The van der Waals surface area contributed by atoms with Gasteiger partial charge in [-0.1, -0.05) is 4.49 Å². The van der Waals surface area contributed by atoms with Gasteiger partial charge in [0.15, 0.2) is 0 Å². The lowest BCUT2D eigenvalue weighted by atomic mass is 10.1. The van der Waals surface area contributed by atoms with E-state index in [-0.39, 0.29) is 6.04 Å². The van der Waals surface area contributed by atoms with Crippen molar-refractivity contribution in [3.8, 4) is 5.75 Å². The summed E-state index contributed by atoms with van der Waals surface area (Å²) in [7, 11) is 1.60. The number of nitrogens with one attached hydrogen (secondary N) is 1. The Morgan fingerprint density at radius 1 is 1.53 bits per heavy atom. The van der Waals surface area contributed by atoms with Crippen molar-refractivity contribution in [1.29, 1.82) is 0 Å². The molecule has 2 aromatic rings. The first-order chi connectivity index (χ1) is 8.27. The Morgan fingerprint density at radius 3 is 2.94 bits per heavy atom. The Hall–Kier alpha value is -1.57. The largest absolute Gasteiger partial charge is 0.495 e. The predicted octanol–water partition coefficient (Wildman–Crippen LogP) is 0.803. The topological polar surface area (TPSA) is 86.0 Å². The molecule has 90 valence electrons. The van der Waals surface area contributed by atoms with Crippen LogP contribution in [0, 0.1) is 6.92 Å². The lowest BCUT2D eigenvalue weighted by Gasteiger charge is -2.16. The molecule has 6 nitrogen and oxygen atoms in total. The van der Waals surface area contributed by atoms with Crippen LogP contribution in [0.5, 0.6) is 5.75 Å². The summed E-state index contributed by atoms with van der Waals surface area (Å²) in [6.45, 7) is 1.89. The van der Waals surface area contributed by atoms with E-state index < -0.39 is 0 Å². The van der Waals surface area contributed by atoms with Crippen molar-refractivity contribution >= 4 is 11.5 Å². The average Bonchev–Trinajstić information content (AvgIpc) is 2.78. The van der Waals surface area contributed by atoms with Gasteiger partial charge in [0, 0.05) is 6.20 Å². The maximum absolute atomic E-state index is 5.59. The van der Waals surface area contributed by atoms with Gasteiger partial charge in [-0.25, -0.2) is 5.43 Å². The van der Waals surface area contributed by atoms with Crippen molar-refractivity contribution in [3.05, 3.63) is 34.6 Å². The molecule has 0 aliphatic heterocycles. The molecule has 2 rings (SSSR count). The van der Waals surface area contributed by atoms with Gasteiger partial charge >= 0.3 is 0 Å². The van der Waals surface area contributed by atoms with Gasteiger partial charge in [-0.05, 0) is 30.6 Å². The van der Waals surface area contributed by atoms with Crippen LogP contribution in [0.1, 0.15) is 22.3 Å². The third-order valence-corrected chi connectivity index (χ3v) is 3.30. The molecule has 2 heterocycles. The summed E-state index contributed by atoms with van der Waals surface area (Å²) in [6, 6.07) is 3.40. The van der Waals surface area contributed by atoms with E-state index in [1.54, 1.807) is 13.3 Å². The van der Waals surface area contributed by atoms with E-state index in [1.807, 2.05) is 19.1 Å². The second-order valence-corrected chi connectivity index (χ2v) is 4.20. The van der Waals surface area contributed by atoms with E-state index in [4.69, 9.17) is 10.6 Å². The first kappa shape index (κ1) is 11.9. The van der Waals surface area contributed by atoms with Crippen LogP contribution < -0.4 is 16.0 Å². The van der Waals surface area contributed by atoms with E-state index in [9.17, 15) is 0 Å². The average molecular weight is 251 g/mol. The molecule has 0 saturated heterocycles. The maximum atomic E-state index is 5.59. The van der Waals surface area contributed by atoms with Crippen LogP contribution in [-0.4, -0.2) is 21.7 Å². The molecule has 0 aromatic carbocycles. The molecular formula is C10H13N5OS. The minimum Gasteiger partial charge on any atom is -0.495 e. The van der Waals surface area contributed by atoms with E-state index in [2.05, 4.69) is 20.0 Å². The van der Waals surface area contributed by atoms with E-state index in [1.165, 1.54) is 11.5 Å². The van der Waals surface area contributed by atoms with Crippen LogP contribution in [-0.2, 0) is 0 Å². The van der Waals surface area contributed by atoms with Crippen molar-refractivity contribution < 1.29 is 4.74 Å². The summed E-state index contributed by atoms with van der Waals surface area (Å²) in [4.78, 5) is 5.24. The molecule has 2 aromatic heterocycles. The standard InChI is InChI=1S/C10H13N5OS/c1-6-10(17-15-14-6)9(13-11)8-7(16-2)4-3-5-12-8/h3-5,9,13H,11H2,1-2H3. The summed E-state index contributed by atoms with van der Waals surface area (Å²) in [5.74, 6) is 6.28. The lowest BCUT2D eigenvalue weighted by molar-refractivity contribution is 0.400. The number of pyridine rings is 1. The van der Waals surface area contributed by atoms with Crippen molar-refractivity contribution in [1.82, 2.24) is 20.0 Å². The number of hydrogen-bond acceptors (Lipinski definition) is 7. The van der Waals surface area contributed by atoms with E-state index >= 15 is 0 Å². The number of aromatic nitrogens is 3. The molecule has 0 amide bonds. The van der Waals surface area contributed by atoms with Crippen molar-refractivity contribution in [2.45, 2.75) is 13.0 Å². The minimum atomic E-state index is -0.258. The van der Waals surface area contributed by atoms with Crippen molar-refractivity contribution in [2.75, 3.05) is 7.11 Å². The molecule has 0 aliphatic carbocycles. The first-order valence-electron chi connectivity index (χ1n) is 5.01. The van der Waals surface area contributed by atoms with Gasteiger partial charge in [-0.2, -0.15) is 0 Å². The Bertz CT molecular complexity index is 501. The highest BCUT2D eigenvalue weighted by atomic mass is 32.1. The van der Waals surface area contributed by atoms with E-state index in [0.29, 0.717) is 5.75 Å². The molecule has 1 unspecified atom stereocenters. The molecule has 7 heteroatoms. The molecular weight excluding hydrogens is 238 g/mol. The number of ether oxygens (including phenoxy) is 1. The fraction of sp³-hybridized carbons (Fsp3) is 0.300. The van der Waals surface area contributed by atoms with Crippen LogP contribution in [0.25, 0.3) is 0 Å². The second kappa shape index (κ2) is 5.17. The van der Waals surface area contributed by atoms with Crippen LogP contribution in [0.3, 0.4) is 0 Å². The Labute approximate surface area is 103 Å². The number of methoxy groups -OCH3 is 1. The number of rotatable bonds is 4. The summed E-state index contributed by atoms with van der Waals surface area (Å²) in [6.07, 6.45) is 1.70. The SMILES string of the molecule is COc1cccnc1C(NN)c1snnc1C. The molecule has 17 heavy (non-hydrogen) atoms. The molecule has 0 spiro atoms. The number of nitrogens with zero attached hydrogens (tertiary/aromatic N) is 3. The van der Waals surface area contributed by atoms with Gasteiger partial charge < -0.3 is 4.74 Å². The quantitative estimate of drug-likeness (QED) is 0.617. The van der Waals surface area contributed by atoms with Crippen molar-refractivity contribution in [2.24, 2.45) is 5.84 Å². The van der Waals surface area contributed by atoms with Gasteiger partial charge in [0.2, 0.25) is 0 Å². The normalized spacial score (nSPS) is 12.4. The zero-order valence-electron chi connectivity index (χ0n) is 9.54. The highest BCUT2D eigenvalue weighted by molar-refractivity contribution is 7.05.